The van der Waals surface area contributed by atoms with Crippen LogP contribution in [0.5, 0.6) is 0 Å². The molecule has 9 heteroatoms. The lowest BCUT2D eigenvalue weighted by atomic mass is 10.2. The molecule has 3 aromatic rings. The molecule has 0 bridgehead atoms. The molecule has 0 saturated heterocycles. The van der Waals surface area contributed by atoms with Crippen LogP contribution in [0.1, 0.15) is 16.2 Å². The Morgan fingerprint density at radius 1 is 1.11 bits per heavy atom. The molecule has 28 heavy (non-hydrogen) atoms. The second-order valence-corrected chi connectivity index (χ2v) is 7.04. The van der Waals surface area contributed by atoms with Gasteiger partial charge in [-0.15, -0.1) is 0 Å². The van der Waals surface area contributed by atoms with Crippen molar-refractivity contribution in [2.75, 3.05) is 13.6 Å². The summed E-state index contributed by atoms with van der Waals surface area (Å²) in [6.07, 6.45) is 0. The number of fused-ring (bicyclic) bond motifs is 1. The Labute approximate surface area is 169 Å². The fraction of sp³-hybridized carbons (Fsp3) is 0.158. The van der Waals surface area contributed by atoms with Gasteiger partial charge in [0.25, 0.3) is 17.4 Å². The Kier molecular flexibility index (Phi) is 6.17. The van der Waals surface area contributed by atoms with Gasteiger partial charge in [-0.2, -0.15) is 0 Å². The third-order valence-corrected chi connectivity index (χ3v) is 4.62. The van der Waals surface area contributed by atoms with Crippen LogP contribution in [0.15, 0.2) is 57.8 Å². The highest BCUT2D eigenvalue weighted by Crippen LogP contribution is 2.15. The molecule has 2 amide bonds. The van der Waals surface area contributed by atoms with Gasteiger partial charge in [-0.05, 0) is 47.2 Å². The zero-order valence-electron chi connectivity index (χ0n) is 15.0. The van der Waals surface area contributed by atoms with Gasteiger partial charge >= 0.3 is 0 Å². The van der Waals surface area contributed by atoms with Crippen molar-refractivity contribution in [3.05, 3.63) is 74.7 Å². The molecule has 0 unspecified atom stereocenters. The molecular formula is C19H18BrN5O3. The quantitative estimate of drug-likeness (QED) is 0.518. The molecule has 1 heterocycles. The average molecular weight is 444 g/mol. The average Bonchev–Trinajstić information content (AvgIpc) is 2.66. The van der Waals surface area contributed by atoms with Gasteiger partial charge in [0.05, 0.1) is 29.6 Å². The number of rotatable bonds is 5. The molecule has 3 rings (SSSR count). The van der Waals surface area contributed by atoms with Crippen LogP contribution in [0.25, 0.3) is 10.9 Å². The Morgan fingerprint density at radius 3 is 2.61 bits per heavy atom. The van der Waals surface area contributed by atoms with Crippen LogP contribution >= 0.6 is 15.9 Å². The van der Waals surface area contributed by atoms with Gasteiger partial charge in [-0.1, -0.05) is 24.3 Å². The largest absolute Gasteiger partial charge is 0.309 e. The first-order valence-electron chi connectivity index (χ1n) is 8.44. The number of carbonyl (C=O) groups excluding carboxylic acids is 2. The van der Waals surface area contributed by atoms with Gasteiger partial charge in [-0.3, -0.25) is 30.1 Å². The number of carbonyl (C=O) groups is 2. The molecular weight excluding hydrogens is 426 g/mol. The number of aromatic amines is 1. The van der Waals surface area contributed by atoms with E-state index >= 15 is 0 Å². The summed E-state index contributed by atoms with van der Waals surface area (Å²) in [4.78, 5) is 45.1. The van der Waals surface area contributed by atoms with Crippen molar-refractivity contribution in [3.63, 3.8) is 0 Å². The number of amides is 2. The van der Waals surface area contributed by atoms with Gasteiger partial charge in [0.1, 0.15) is 5.82 Å². The summed E-state index contributed by atoms with van der Waals surface area (Å²) in [6, 6.07) is 13.9. The number of benzene rings is 2. The lowest BCUT2D eigenvalue weighted by molar-refractivity contribution is -0.122. The third-order valence-electron chi connectivity index (χ3n) is 3.93. The number of likely N-dealkylation sites (N-methyl/N-ethyl adjacent to an activating group) is 1. The molecule has 0 fully saturated rings. The first-order valence-corrected chi connectivity index (χ1v) is 9.23. The number of nitrogens with zero attached hydrogens (tertiary/aromatic N) is 2. The molecule has 0 spiro atoms. The number of aromatic nitrogens is 2. The summed E-state index contributed by atoms with van der Waals surface area (Å²) < 4.78 is 0.630. The van der Waals surface area contributed by atoms with Gasteiger partial charge in [0.15, 0.2) is 0 Å². The Bertz CT molecular complexity index is 1080. The van der Waals surface area contributed by atoms with E-state index in [4.69, 9.17) is 0 Å². The number of para-hydroxylation sites is 1. The van der Waals surface area contributed by atoms with E-state index in [1.807, 2.05) is 6.07 Å². The van der Waals surface area contributed by atoms with E-state index in [9.17, 15) is 14.4 Å². The fourth-order valence-corrected chi connectivity index (χ4v) is 3.11. The number of hydrazine groups is 1. The minimum absolute atomic E-state index is 0.00672. The zero-order valence-corrected chi connectivity index (χ0v) is 16.6. The van der Waals surface area contributed by atoms with Crippen LogP contribution in [0.2, 0.25) is 0 Å². The summed E-state index contributed by atoms with van der Waals surface area (Å²) in [5.74, 6) is -0.369. The molecule has 0 radical (unpaired) electrons. The Balaban J connectivity index is 1.55. The molecule has 0 atom stereocenters. The van der Waals surface area contributed by atoms with Gasteiger partial charge in [-0.25, -0.2) is 4.98 Å². The van der Waals surface area contributed by atoms with E-state index in [1.165, 1.54) is 0 Å². The van der Waals surface area contributed by atoms with Crippen LogP contribution in [0.4, 0.5) is 0 Å². The molecule has 0 aliphatic heterocycles. The van der Waals surface area contributed by atoms with Crippen LogP contribution < -0.4 is 16.4 Å². The maximum Gasteiger partial charge on any atom is 0.270 e. The number of nitrogens with one attached hydrogen (secondary N) is 3. The minimum Gasteiger partial charge on any atom is -0.309 e. The van der Waals surface area contributed by atoms with Crippen LogP contribution in [-0.2, 0) is 11.3 Å². The lowest BCUT2D eigenvalue weighted by Crippen LogP contribution is -2.45. The number of hydrogen-bond acceptors (Lipinski definition) is 5. The molecule has 2 aromatic carbocycles. The van der Waals surface area contributed by atoms with Gasteiger partial charge in [0.2, 0.25) is 0 Å². The molecule has 8 nitrogen and oxygen atoms in total. The maximum absolute atomic E-state index is 12.1. The number of H-pyrrole nitrogens is 1. The summed E-state index contributed by atoms with van der Waals surface area (Å²) in [5.41, 5.74) is 5.53. The summed E-state index contributed by atoms with van der Waals surface area (Å²) in [6.45, 7) is 0.276. The van der Waals surface area contributed by atoms with Gasteiger partial charge < -0.3 is 4.98 Å². The van der Waals surface area contributed by atoms with Crippen LogP contribution in [0.3, 0.4) is 0 Å². The predicted molar refractivity (Wildman–Crippen MR) is 108 cm³/mol. The van der Waals surface area contributed by atoms with E-state index in [-0.39, 0.29) is 18.6 Å². The second kappa shape index (κ2) is 8.77. The summed E-state index contributed by atoms with van der Waals surface area (Å²) >= 11 is 3.29. The first kappa shape index (κ1) is 19.7. The molecule has 0 aliphatic rings. The second-order valence-electron chi connectivity index (χ2n) is 6.18. The molecule has 1 aromatic heterocycles. The molecule has 144 valence electrons. The highest BCUT2D eigenvalue weighted by atomic mass is 79.9. The van der Waals surface area contributed by atoms with E-state index in [0.29, 0.717) is 26.8 Å². The van der Waals surface area contributed by atoms with Crippen molar-refractivity contribution in [1.82, 2.24) is 25.7 Å². The highest BCUT2D eigenvalue weighted by Gasteiger charge is 2.13. The standard InChI is InChI=1S/C19H18BrN5O3/c1-25(10-16-21-15-9-5-3-7-13(15)18(27)22-16)11-17(26)23-24-19(28)12-6-2-4-8-14(12)20/h2-9H,10-11H2,1H3,(H,23,26)(H,24,28)(H,21,22,27). The van der Waals surface area contributed by atoms with E-state index < -0.39 is 11.8 Å². The smallest absolute Gasteiger partial charge is 0.270 e. The van der Waals surface area contributed by atoms with Crippen molar-refractivity contribution >= 4 is 38.6 Å². The monoisotopic (exact) mass is 443 g/mol. The topological polar surface area (TPSA) is 107 Å². The van der Waals surface area contributed by atoms with Crippen molar-refractivity contribution in [1.29, 1.82) is 0 Å². The Morgan fingerprint density at radius 2 is 1.82 bits per heavy atom. The minimum atomic E-state index is -0.427. The van der Waals surface area contributed by atoms with Crippen molar-refractivity contribution in [3.8, 4) is 0 Å². The van der Waals surface area contributed by atoms with E-state index in [2.05, 4.69) is 36.7 Å². The van der Waals surface area contributed by atoms with Crippen LogP contribution in [0, 0.1) is 0 Å². The highest BCUT2D eigenvalue weighted by molar-refractivity contribution is 9.10. The van der Waals surface area contributed by atoms with Crippen molar-refractivity contribution in [2.24, 2.45) is 0 Å². The third kappa shape index (κ3) is 4.81. The Hall–Kier alpha value is -3.04. The SMILES string of the molecule is CN(CC(=O)NNC(=O)c1ccccc1Br)Cc1nc2ccccc2c(=O)[nH]1. The number of hydrogen-bond donors (Lipinski definition) is 3. The zero-order chi connectivity index (χ0) is 20.1. The molecule has 0 saturated carbocycles. The van der Waals surface area contributed by atoms with Crippen molar-refractivity contribution < 1.29 is 9.59 Å². The van der Waals surface area contributed by atoms with E-state index in [0.717, 1.165) is 0 Å². The normalized spacial score (nSPS) is 10.8. The fourth-order valence-electron chi connectivity index (χ4n) is 2.65. The van der Waals surface area contributed by atoms with E-state index in [1.54, 1.807) is 54.4 Å². The van der Waals surface area contributed by atoms with Crippen molar-refractivity contribution in [2.45, 2.75) is 6.54 Å². The summed E-state index contributed by atoms with van der Waals surface area (Å²) in [7, 11) is 1.71. The number of halogens is 1. The first-order chi connectivity index (χ1) is 13.4. The van der Waals surface area contributed by atoms with Crippen LogP contribution in [-0.4, -0.2) is 40.3 Å². The molecule has 3 N–H and O–H groups in total. The predicted octanol–water partition coefficient (Wildman–Crippen LogP) is 1.58. The lowest BCUT2D eigenvalue weighted by Gasteiger charge is -2.16. The molecule has 0 aliphatic carbocycles. The van der Waals surface area contributed by atoms with Gasteiger partial charge in [0, 0.05) is 4.47 Å². The maximum atomic E-state index is 12.1. The summed E-state index contributed by atoms with van der Waals surface area (Å²) in [5, 5.41) is 0.515.